The molecule has 0 radical (unpaired) electrons. The molecule has 0 aromatic heterocycles. The Bertz CT molecular complexity index is 419. The Morgan fingerprint density at radius 1 is 1.56 bits per heavy atom. The summed E-state index contributed by atoms with van der Waals surface area (Å²) in [4.78, 5) is 12.0. The van der Waals surface area contributed by atoms with E-state index in [0.717, 1.165) is 16.6 Å². The van der Waals surface area contributed by atoms with E-state index in [2.05, 4.69) is 26.6 Å². The summed E-state index contributed by atoms with van der Waals surface area (Å²) >= 11 is 3.49. The Hall–Kier alpha value is -0.910. The van der Waals surface area contributed by atoms with E-state index in [0.29, 0.717) is 13.2 Å². The Labute approximate surface area is 115 Å². The van der Waals surface area contributed by atoms with Gasteiger partial charge in [-0.1, -0.05) is 34.1 Å². The maximum Gasteiger partial charge on any atom is 0.250 e. The van der Waals surface area contributed by atoms with Crippen molar-refractivity contribution in [2.75, 3.05) is 19.7 Å². The lowest BCUT2D eigenvalue weighted by atomic mass is 10.1. The highest BCUT2D eigenvalue weighted by Gasteiger charge is 2.23. The number of hydrogen-bond acceptors (Lipinski definition) is 3. The summed E-state index contributed by atoms with van der Waals surface area (Å²) in [5.74, 6) is -0.0644. The van der Waals surface area contributed by atoms with Crippen molar-refractivity contribution in [3.63, 3.8) is 0 Å². The van der Waals surface area contributed by atoms with Crippen LogP contribution in [0.15, 0.2) is 28.7 Å². The van der Waals surface area contributed by atoms with E-state index < -0.39 is 0 Å². The van der Waals surface area contributed by atoms with Gasteiger partial charge in [-0.15, -0.1) is 0 Å². The van der Waals surface area contributed by atoms with Gasteiger partial charge in [-0.2, -0.15) is 0 Å². The van der Waals surface area contributed by atoms with Crippen LogP contribution in [0.2, 0.25) is 0 Å². The van der Waals surface area contributed by atoms with Crippen LogP contribution in [0.1, 0.15) is 18.5 Å². The number of carbonyl (C=O) groups excluding carboxylic acids is 1. The molecule has 2 N–H and O–H groups in total. The molecule has 1 aliphatic rings. The molecule has 0 aliphatic carbocycles. The fourth-order valence-corrected chi connectivity index (χ4v) is 2.57. The van der Waals surface area contributed by atoms with Crippen molar-refractivity contribution in [3.05, 3.63) is 34.3 Å². The summed E-state index contributed by atoms with van der Waals surface area (Å²) < 4.78 is 6.42. The van der Waals surface area contributed by atoms with Crippen LogP contribution >= 0.6 is 15.9 Å². The number of carbonyl (C=O) groups is 1. The van der Waals surface area contributed by atoms with Gasteiger partial charge in [-0.3, -0.25) is 4.79 Å². The van der Waals surface area contributed by atoms with Crippen molar-refractivity contribution in [3.8, 4) is 0 Å². The van der Waals surface area contributed by atoms with Crippen molar-refractivity contribution < 1.29 is 9.53 Å². The second-order valence-corrected chi connectivity index (χ2v) is 5.17. The second-order valence-electron chi connectivity index (χ2n) is 4.32. The predicted octanol–water partition coefficient (Wildman–Crippen LogP) is 1.61. The van der Waals surface area contributed by atoms with Gasteiger partial charge in [0.1, 0.15) is 6.10 Å². The molecule has 2 atom stereocenters. The van der Waals surface area contributed by atoms with Gasteiger partial charge >= 0.3 is 0 Å². The average Bonchev–Trinajstić information content (AvgIpc) is 2.40. The number of halogens is 1. The average molecular weight is 313 g/mol. The first-order valence-corrected chi connectivity index (χ1v) is 6.85. The topological polar surface area (TPSA) is 50.4 Å². The summed E-state index contributed by atoms with van der Waals surface area (Å²) in [5, 5.41) is 6.12. The van der Waals surface area contributed by atoms with Crippen LogP contribution < -0.4 is 10.6 Å². The molecule has 1 aliphatic heterocycles. The molecule has 4 nitrogen and oxygen atoms in total. The predicted molar refractivity (Wildman–Crippen MR) is 73.3 cm³/mol. The number of ether oxygens (including phenoxy) is 1. The zero-order valence-electron chi connectivity index (χ0n) is 10.3. The lowest BCUT2D eigenvalue weighted by Gasteiger charge is -2.25. The molecule has 1 saturated heterocycles. The van der Waals surface area contributed by atoms with E-state index in [9.17, 15) is 4.79 Å². The Morgan fingerprint density at radius 3 is 3.00 bits per heavy atom. The van der Waals surface area contributed by atoms with E-state index in [1.54, 1.807) is 0 Å². The fourth-order valence-electron chi connectivity index (χ4n) is 1.94. The number of nitrogens with one attached hydrogen (secondary N) is 2. The third kappa shape index (κ3) is 3.31. The zero-order valence-corrected chi connectivity index (χ0v) is 11.9. The fraction of sp³-hybridized carbons (Fsp3) is 0.462. The lowest BCUT2D eigenvalue weighted by molar-refractivity contribution is -0.134. The van der Waals surface area contributed by atoms with E-state index in [4.69, 9.17) is 4.74 Å². The normalized spacial score (nSPS) is 21.3. The first-order chi connectivity index (χ1) is 8.68. The lowest BCUT2D eigenvalue weighted by Crippen LogP contribution is -2.48. The minimum Gasteiger partial charge on any atom is -0.366 e. The van der Waals surface area contributed by atoms with Crippen molar-refractivity contribution >= 4 is 21.8 Å². The minimum absolute atomic E-state index is 0.0430. The largest absolute Gasteiger partial charge is 0.366 e. The first-order valence-electron chi connectivity index (χ1n) is 6.05. The van der Waals surface area contributed by atoms with Gasteiger partial charge in [0.15, 0.2) is 0 Å². The summed E-state index contributed by atoms with van der Waals surface area (Å²) in [6.45, 7) is 3.94. The van der Waals surface area contributed by atoms with Crippen LogP contribution in [0, 0.1) is 0 Å². The Morgan fingerprint density at radius 2 is 2.33 bits per heavy atom. The summed E-state index contributed by atoms with van der Waals surface area (Å²) in [7, 11) is 0. The molecule has 1 amide bonds. The van der Waals surface area contributed by atoms with Gasteiger partial charge in [0.25, 0.3) is 5.91 Å². The second kappa shape index (κ2) is 6.31. The molecule has 0 saturated carbocycles. The summed E-state index contributed by atoms with van der Waals surface area (Å²) in [5.41, 5.74) is 1.06. The highest BCUT2D eigenvalue weighted by Crippen LogP contribution is 2.22. The van der Waals surface area contributed by atoms with E-state index in [1.807, 2.05) is 31.2 Å². The van der Waals surface area contributed by atoms with Crippen LogP contribution in [0.5, 0.6) is 0 Å². The van der Waals surface area contributed by atoms with Crippen molar-refractivity contribution in [2.24, 2.45) is 0 Å². The molecule has 18 heavy (non-hydrogen) atoms. The van der Waals surface area contributed by atoms with Gasteiger partial charge in [0, 0.05) is 17.6 Å². The highest BCUT2D eigenvalue weighted by molar-refractivity contribution is 9.10. The van der Waals surface area contributed by atoms with Crippen molar-refractivity contribution in [1.29, 1.82) is 0 Å². The molecular weight excluding hydrogens is 296 g/mol. The molecular formula is C13H17BrN2O2. The number of amides is 1. The van der Waals surface area contributed by atoms with E-state index in [1.165, 1.54) is 0 Å². The Balaban J connectivity index is 1.96. The number of morpholine rings is 1. The standard InChI is InChI=1S/C13H17BrN2O2/c1-9(10-4-2-3-5-11(10)14)16-13(17)12-8-15-6-7-18-12/h2-5,9,12,15H,6-8H2,1H3,(H,16,17)/t9-,12?/m0/s1. The van der Waals surface area contributed by atoms with Gasteiger partial charge in [0.05, 0.1) is 12.6 Å². The van der Waals surface area contributed by atoms with Crippen LogP contribution in [0.3, 0.4) is 0 Å². The number of benzene rings is 1. The highest BCUT2D eigenvalue weighted by atomic mass is 79.9. The van der Waals surface area contributed by atoms with Gasteiger partial charge in [0.2, 0.25) is 0 Å². The maximum absolute atomic E-state index is 12.0. The van der Waals surface area contributed by atoms with Crippen molar-refractivity contribution in [1.82, 2.24) is 10.6 Å². The van der Waals surface area contributed by atoms with Gasteiger partial charge < -0.3 is 15.4 Å². The molecule has 1 aromatic carbocycles. The number of hydrogen-bond donors (Lipinski definition) is 2. The molecule has 1 aromatic rings. The molecule has 1 fully saturated rings. The molecule has 1 unspecified atom stereocenters. The molecule has 0 spiro atoms. The summed E-state index contributed by atoms with van der Waals surface area (Å²) in [6, 6.07) is 7.84. The molecule has 1 heterocycles. The molecule has 5 heteroatoms. The zero-order chi connectivity index (χ0) is 13.0. The third-order valence-corrected chi connectivity index (χ3v) is 3.67. The Kier molecular flexibility index (Phi) is 4.74. The van der Waals surface area contributed by atoms with Gasteiger partial charge in [-0.05, 0) is 18.6 Å². The SMILES string of the molecule is C[C@H](NC(=O)C1CNCCO1)c1ccccc1Br. The maximum atomic E-state index is 12.0. The third-order valence-electron chi connectivity index (χ3n) is 2.95. The quantitative estimate of drug-likeness (QED) is 0.891. The number of rotatable bonds is 3. The van der Waals surface area contributed by atoms with Crippen LogP contribution in [-0.2, 0) is 9.53 Å². The first kappa shape index (κ1) is 13.5. The molecule has 0 bridgehead atoms. The summed E-state index contributed by atoms with van der Waals surface area (Å²) in [6.07, 6.45) is -0.385. The van der Waals surface area contributed by atoms with Crippen LogP contribution in [0.4, 0.5) is 0 Å². The molecule has 98 valence electrons. The van der Waals surface area contributed by atoms with Gasteiger partial charge in [-0.25, -0.2) is 0 Å². The molecule has 2 rings (SSSR count). The van der Waals surface area contributed by atoms with E-state index >= 15 is 0 Å². The van der Waals surface area contributed by atoms with Crippen LogP contribution in [-0.4, -0.2) is 31.7 Å². The minimum atomic E-state index is -0.385. The van der Waals surface area contributed by atoms with E-state index in [-0.39, 0.29) is 18.1 Å². The van der Waals surface area contributed by atoms with Crippen LogP contribution in [0.25, 0.3) is 0 Å². The monoisotopic (exact) mass is 312 g/mol. The smallest absolute Gasteiger partial charge is 0.250 e. The van der Waals surface area contributed by atoms with Crippen molar-refractivity contribution in [2.45, 2.75) is 19.1 Å².